The molecule has 0 saturated heterocycles. The van der Waals surface area contributed by atoms with Crippen LogP contribution in [-0.2, 0) is 5.41 Å². The summed E-state index contributed by atoms with van der Waals surface area (Å²) in [5.41, 5.74) is 7.94. The Labute approximate surface area is 176 Å². The van der Waals surface area contributed by atoms with Crippen molar-refractivity contribution in [1.29, 1.82) is 0 Å². The van der Waals surface area contributed by atoms with Crippen molar-refractivity contribution >= 4 is 42.6 Å². The van der Waals surface area contributed by atoms with Crippen LogP contribution in [0.25, 0.3) is 33.0 Å². The smallest absolute Gasteiger partial charge is 0.0332 e. The fourth-order valence-electron chi connectivity index (χ4n) is 4.37. The van der Waals surface area contributed by atoms with E-state index in [9.17, 15) is 0 Å². The van der Waals surface area contributed by atoms with Crippen molar-refractivity contribution < 1.29 is 0 Å². The van der Waals surface area contributed by atoms with Crippen LogP contribution in [-0.4, -0.2) is 0 Å². The molecule has 2 heteroatoms. The van der Waals surface area contributed by atoms with Crippen LogP contribution in [0, 0.1) is 0 Å². The molecule has 0 atom stereocenters. The molecule has 0 aromatic heterocycles. The second kappa shape index (κ2) is 6.05. The molecular weight excluding hydrogens is 460 g/mol. The predicted octanol–water partition coefficient (Wildman–Crippen LogP) is 8.34. The van der Waals surface area contributed by atoms with Gasteiger partial charge in [0.25, 0.3) is 0 Å². The molecule has 0 bridgehead atoms. The lowest BCUT2D eigenvalue weighted by atomic mass is 9.82. The van der Waals surface area contributed by atoms with Crippen LogP contribution in [0.1, 0.15) is 25.0 Å². The summed E-state index contributed by atoms with van der Waals surface area (Å²) in [5.74, 6) is 0. The second-order valence-electron chi connectivity index (χ2n) is 7.70. The van der Waals surface area contributed by atoms with Gasteiger partial charge >= 0.3 is 0 Å². The second-order valence-corrected chi connectivity index (χ2v) is 9.34. The van der Waals surface area contributed by atoms with Gasteiger partial charge in [-0.15, -0.1) is 0 Å². The zero-order valence-corrected chi connectivity index (χ0v) is 18.4. The maximum atomic E-state index is 3.87. The summed E-state index contributed by atoms with van der Waals surface area (Å²) in [4.78, 5) is 0. The third-order valence-electron chi connectivity index (χ3n) is 5.82. The first kappa shape index (κ1) is 17.2. The van der Waals surface area contributed by atoms with Crippen molar-refractivity contribution in [1.82, 2.24) is 0 Å². The fourth-order valence-corrected chi connectivity index (χ4v) is 5.63. The molecule has 5 rings (SSSR count). The molecule has 0 N–H and O–H groups in total. The van der Waals surface area contributed by atoms with E-state index < -0.39 is 0 Å². The quantitative estimate of drug-likeness (QED) is 0.258. The van der Waals surface area contributed by atoms with Crippen molar-refractivity contribution in [3.8, 4) is 22.3 Å². The highest BCUT2D eigenvalue weighted by atomic mass is 79.9. The summed E-state index contributed by atoms with van der Waals surface area (Å²) in [7, 11) is 0. The highest BCUT2D eigenvalue weighted by molar-refractivity contribution is 9.11. The maximum Gasteiger partial charge on any atom is 0.0332 e. The molecule has 0 amide bonds. The topological polar surface area (TPSA) is 0 Å². The molecule has 1 aliphatic rings. The normalized spacial score (nSPS) is 14.2. The minimum atomic E-state index is 0.0214. The van der Waals surface area contributed by atoms with Crippen molar-refractivity contribution in [2.75, 3.05) is 0 Å². The number of rotatable bonds is 1. The molecule has 0 radical (unpaired) electrons. The van der Waals surface area contributed by atoms with Crippen molar-refractivity contribution in [2.24, 2.45) is 0 Å². The van der Waals surface area contributed by atoms with Crippen molar-refractivity contribution in [3.05, 3.63) is 92.9 Å². The van der Waals surface area contributed by atoms with Crippen molar-refractivity contribution in [2.45, 2.75) is 19.3 Å². The Morgan fingerprint density at radius 2 is 1.37 bits per heavy atom. The molecule has 0 nitrogen and oxygen atoms in total. The molecule has 0 spiro atoms. The zero-order chi connectivity index (χ0) is 18.8. The summed E-state index contributed by atoms with van der Waals surface area (Å²) in [6.45, 7) is 4.63. The van der Waals surface area contributed by atoms with Crippen LogP contribution in [0.15, 0.2) is 81.7 Å². The van der Waals surface area contributed by atoms with Crippen LogP contribution in [0.3, 0.4) is 0 Å². The Morgan fingerprint density at radius 1 is 0.630 bits per heavy atom. The number of halogens is 2. The number of hydrogen-bond donors (Lipinski definition) is 0. The van der Waals surface area contributed by atoms with Crippen LogP contribution >= 0.6 is 31.9 Å². The van der Waals surface area contributed by atoms with Gasteiger partial charge in [-0.2, -0.15) is 0 Å². The molecule has 132 valence electrons. The zero-order valence-electron chi connectivity index (χ0n) is 15.2. The Balaban J connectivity index is 1.79. The molecule has 0 unspecified atom stereocenters. The van der Waals surface area contributed by atoms with Gasteiger partial charge in [-0.3, -0.25) is 0 Å². The summed E-state index contributed by atoms with van der Waals surface area (Å²) >= 11 is 7.73. The average molecular weight is 478 g/mol. The van der Waals surface area contributed by atoms with Gasteiger partial charge < -0.3 is 0 Å². The third kappa shape index (κ3) is 2.47. The predicted molar refractivity (Wildman–Crippen MR) is 122 cm³/mol. The molecule has 0 saturated carbocycles. The van der Waals surface area contributed by atoms with Gasteiger partial charge in [0.15, 0.2) is 0 Å². The number of hydrogen-bond acceptors (Lipinski definition) is 0. The third-order valence-corrected chi connectivity index (χ3v) is 7.34. The van der Waals surface area contributed by atoms with E-state index in [0.717, 1.165) is 8.95 Å². The highest BCUT2D eigenvalue weighted by Crippen LogP contribution is 2.51. The van der Waals surface area contributed by atoms with Gasteiger partial charge in [-0.05, 0) is 72.2 Å². The first-order valence-corrected chi connectivity index (χ1v) is 10.7. The van der Waals surface area contributed by atoms with Crippen LogP contribution in [0.5, 0.6) is 0 Å². The van der Waals surface area contributed by atoms with Gasteiger partial charge in [-0.25, -0.2) is 0 Å². The lowest BCUT2D eigenvalue weighted by molar-refractivity contribution is 0.660. The Morgan fingerprint density at radius 3 is 2.22 bits per heavy atom. The van der Waals surface area contributed by atoms with E-state index in [1.165, 1.54) is 44.2 Å². The van der Waals surface area contributed by atoms with E-state index >= 15 is 0 Å². The van der Waals surface area contributed by atoms with Gasteiger partial charge in [0.05, 0.1) is 0 Å². The van der Waals surface area contributed by atoms with Crippen LogP contribution < -0.4 is 0 Å². The molecule has 0 aliphatic heterocycles. The molecule has 27 heavy (non-hydrogen) atoms. The number of fused-ring (bicyclic) bond motifs is 4. The Hall–Kier alpha value is -1.90. The monoisotopic (exact) mass is 476 g/mol. The first-order chi connectivity index (χ1) is 13.0. The standard InChI is InChI=1S/C25H18Br2/c1-25(2)21-10-6-5-9-17(21)19-13-20(23(26)14-22(19)25)18-12-11-15-7-3-4-8-16(15)24(18)27/h3-14H,1-2H3. The summed E-state index contributed by atoms with van der Waals surface area (Å²) < 4.78 is 2.28. The largest absolute Gasteiger partial charge is 0.0619 e. The van der Waals surface area contributed by atoms with Gasteiger partial charge in [0, 0.05) is 14.4 Å². The van der Waals surface area contributed by atoms with Crippen molar-refractivity contribution in [3.63, 3.8) is 0 Å². The molecule has 1 aliphatic carbocycles. The molecule has 0 fully saturated rings. The van der Waals surface area contributed by atoms with E-state index in [0.29, 0.717) is 0 Å². The molecule has 4 aromatic rings. The van der Waals surface area contributed by atoms with E-state index in [1.54, 1.807) is 0 Å². The Bertz CT molecular complexity index is 1220. The number of benzene rings is 4. The van der Waals surface area contributed by atoms with Crippen LogP contribution in [0.2, 0.25) is 0 Å². The van der Waals surface area contributed by atoms with E-state index in [-0.39, 0.29) is 5.41 Å². The SMILES string of the molecule is CC1(C)c2ccccc2-c2cc(-c3ccc4ccccc4c3Br)c(Br)cc21. The lowest BCUT2D eigenvalue weighted by Crippen LogP contribution is -2.14. The molecule has 4 aromatic carbocycles. The summed E-state index contributed by atoms with van der Waals surface area (Å²) in [6, 6.07) is 26.4. The van der Waals surface area contributed by atoms with E-state index in [2.05, 4.69) is 119 Å². The highest BCUT2D eigenvalue weighted by Gasteiger charge is 2.35. The molecule has 0 heterocycles. The van der Waals surface area contributed by atoms with E-state index in [1.807, 2.05) is 0 Å². The fraction of sp³-hybridized carbons (Fsp3) is 0.120. The summed E-state index contributed by atoms with van der Waals surface area (Å²) in [5, 5.41) is 2.49. The Kier molecular flexibility index (Phi) is 3.86. The van der Waals surface area contributed by atoms with Gasteiger partial charge in [-0.1, -0.05) is 90.4 Å². The maximum absolute atomic E-state index is 3.87. The molecular formula is C25H18Br2. The first-order valence-electron chi connectivity index (χ1n) is 9.10. The van der Waals surface area contributed by atoms with Gasteiger partial charge in [0.1, 0.15) is 0 Å². The minimum Gasteiger partial charge on any atom is -0.0619 e. The minimum absolute atomic E-state index is 0.0214. The van der Waals surface area contributed by atoms with Crippen LogP contribution in [0.4, 0.5) is 0 Å². The van der Waals surface area contributed by atoms with Gasteiger partial charge in [0.2, 0.25) is 0 Å². The average Bonchev–Trinajstić information content (AvgIpc) is 2.89. The van der Waals surface area contributed by atoms with E-state index in [4.69, 9.17) is 0 Å². The summed E-state index contributed by atoms with van der Waals surface area (Å²) in [6.07, 6.45) is 0. The lowest BCUT2D eigenvalue weighted by Gasteiger charge is -2.22.